The molecule has 2 aromatic rings. The number of nitrogen functional groups attached to an aromatic ring is 1. The molecule has 0 aliphatic carbocycles. The van der Waals surface area contributed by atoms with Gasteiger partial charge in [-0.25, -0.2) is 0 Å². The Hall–Kier alpha value is -2.16. The number of hydrogen-bond donors (Lipinski definition) is 1. The molecular weight excluding hydrogens is 186 g/mol. The van der Waals surface area contributed by atoms with Crippen LogP contribution in [0.25, 0.3) is 0 Å². The monoisotopic (exact) mass is 197 g/mol. The smallest absolute Gasteiger partial charge is 0.0859 e. The Bertz CT molecular complexity index is 463. The molecule has 2 N–H and O–H groups in total. The minimum absolute atomic E-state index is 0.671. The summed E-state index contributed by atoms with van der Waals surface area (Å²) in [5.41, 5.74) is 8.01. The fourth-order valence-electron chi connectivity index (χ4n) is 1.19. The van der Waals surface area contributed by atoms with E-state index in [4.69, 9.17) is 5.73 Å². The van der Waals surface area contributed by atoms with Crippen LogP contribution in [0.4, 0.5) is 11.4 Å². The molecule has 0 saturated heterocycles. The first-order valence-corrected chi connectivity index (χ1v) is 4.66. The number of aliphatic imine (C=N–C) groups is 1. The molecular formula is C12H11N3. The summed E-state index contributed by atoms with van der Waals surface area (Å²) >= 11 is 0. The Balaban J connectivity index is 2.23. The van der Waals surface area contributed by atoms with Gasteiger partial charge in [0.25, 0.3) is 0 Å². The maximum absolute atomic E-state index is 5.75. The average molecular weight is 197 g/mol. The lowest BCUT2D eigenvalue weighted by Crippen LogP contribution is -1.87. The molecule has 0 radical (unpaired) electrons. The quantitative estimate of drug-likeness (QED) is 0.593. The number of para-hydroxylation sites is 2. The van der Waals surface area contributed by atoms with Crippen molar-refractivity contribution in [2.45, 2.75) is 0 Å². The van der Waals surface area contributed by atoms with Crippen molar-refractivity contribution in [3.63, 3.8) is 0 Å². The standard InChI is InChI=1S/C12H11N3/c13-11-6-1-2-7-12(11)15-9-10-5-3-4-8-14-10/h1-9H,13H2/b15-9+. The second-order valence-electron chi connectivity index (χ2n) is 3.07. The second kappa shape index (κ2) is 4.37. The number of benzene rings is 1. The molecule has 74 valence electrons. The third kappa shape index (κ3) is 2.40. The van der Waals surface area contributed by atoms with E-state index in [2.05, 4.69) is 9.98 Å². The van der Waals surface area contributed by atoms with Gasteiger partial charge in [0.05, 0.1) is 23.3 Å². The van der Waals surface area contributed by atoms with Crippen LogP contribution in [0.15, 0.2) is 53.7 Å². The molecule has 0 fully saturated rings. The Morgan fingerprint density at radius 3 is 2.60 bits per heavy atom. The van der Waals surface area contributed by atoms with E-state index in [1.165, 1.54) is 0 Å². The third-order valence-corrected chi connectivity index (χ3v) is 1.96. The van der Waals surface area contributed by atoms with Crippen LogP contribution in [-0.4, -0.2) is 11.2 Å². The van der Waals surface area contributed by atoms with Gasteiger partial charge in [0.1, 0.15) is 0 Å². The summed E-state index contributed by atoms with van der Waals surface area (Å²) in [5, 5.41) is 0. The van der Waals surface area contributed by atoms with E-state index in [-0.39, 0.29) is 0 Å². The molecule has 0 aliphatic heterocycles. The van der Waals surface area contributed by atoms with Gasteiger partial charge >= 0.3 is 0 Å². The maximum Gasteiger partial charge on any atom is 0.0859 e. The van der Waals surface area contributed by atoms with Gasteiger partial charge in [-0.15, -0.1) is 0 Å². The molecule has 15 heavy (non-hydrogen) atoms. The lowest BCUT2D eigenvalue weighted by Gasteiger charge is -1.97. The number of pyridine rings is 1. The molecule has 0 spiro atoms. The molecule has 3 heteroatoms. The predicted molar refractivity (Wildman–Crippen MR) is 62.3 cm³/mol. The lowest BCUT2D eigenvalue weighted by molar-refractivity contribution is 1.30. The summed E-state index contributed by atoms with van der Waals surface area (Å²) in [4.78, 5) is 8.40. The Labute approximate surface area is 88.3 Å². The van der Waals surface area contributed by atoms with Gasteiger partial charge < -0.3 is 5.73 Å². The molecule has 0 unspecified atom stereocenters. The van der Waals surface area contributed by atoms with Gasteiger partial charge in [-0.3, -0.25) is 9.98 Å². The van der Waals surface area contributed by atoms with Gasteiger partial charge in [-0.05, 0) is 24.3 Å². The van der Waals surface area contributed by atoms with Gasteiger partial charge in [0.2, 0.25) is 0 Å². The number of anilines is 1. The maximum atomic E-state index is 5.75. The van der Waals surface area contributed by atoms with Crippen molar-refractivity contribution >= 4 is 17.6 Å². The van der Waals surface area contributed by atoms with E-state index < -0.39 is 0 Å². The van der Waals surface area contributed by atoms with Crippen LogP contribution in [0.1, 0.15) is 5.69 Å². The van der Waals surface area contributed by atoms with E-state index in [9.17, 15) is 0 Å². The summed E-state index contributed by atoms with van der Waals surface area (Å²) in [5.74, 6) is 0. The highest BCUT2D eigenvalue weighted by atomic mass is 14.8. The van der Waals surface area contributed by atoms with Crippen LogP contribution in [0.2, 0.25) is 0 Å². The van der Waals surface area contributed by atoms with Crippen LogP contribution >= 0.6 is 0 Å². The van der Waals surface area contributed by atoms with E-state index in [0.29, 0.717) is 5.69 Å². The zero-order chi connectivity index (χ0) is 10.5. The molecule has 0 atom stereocenters. The van der Waals surface area contributed by atoms with Crippen LogP contribution in [0.5, 0.6) is 0 Å². The summed E-state index contributed by atoms with van der Waals surface area (Å²) in [6.07, 6.45) is 3.43. The SMILES string of the molecule is Nc1ccccc1/N=C/c1ccccn1. The van der Waals surface area contributed by atoms with Gasteiger partial charge in [-0.2, -0.15) is 0 Å². The molecule has 2 rings (SSSR count). The number of hydrogen-bond acceptors (Lipinski definition) is 3. The van der Waals surface area contributed by atoms with Gasteiger partial charge in [0.15, 0.2) is 0 Å². The van der Waals surface area contributed by atoms with Crippen LogP contribution in [0.3, 0.4) is 0 Å². The van der Waals surface area contributed by atoms with Crippen molar-refractivity contribution in [3.8, 4) is 0 Å². The average Bonchev–Trinajstić information content (AvgIpc) is 2.29. The Kier molecular flexibility index (Phi) is 2.74. The van der Waals surface area contributed by atoms with Crippen molar-refractivity contribution in [1.29, 1.82) is 0 Å². The van der Waals surface area contributed by atoms with Crippen LogP contribution < -0.4 is 5.73 Å². The number of nitrogens with zero attached hydrogens (tertiary/aromatic N) is 2. The molecule has 1 heterocycles. The molecule has 3 nitrogen and oxygen atoms in total. The minimum Gasteiger partial charge on any atom is -0.397 e. The predicted octanol–water partition coefficient (Wildman–Crippen LogP) is 2.41. The molecule has 0 aliphatic rings. The van der Waals surface area contributed by atoms with Gasteiger partial charge in [0, 0.05) is 6.20 Å². The summed E-state index contributed by atoms with van der Waals surface area (Å²) in [6.45, 7) is 0. The van der Waals surface area contributed by atoms with E-state index in [1.807, 2.05) is 42.5 Å². The van der Waals surface area contributed by atoms with Crippen molar-refractivity contribution in [1.82, 2.24) is 4.98 Å². The fraction of sp³-hybridized carbons (Fsp3) is 0. The van der Waals surface area contributed by atoms with Crippen LogP contribution in [0, 0.1) is 0 Å². The molecule has 1 aromatic heterocycles. The normalized spacial score (nSPS) is 10.7. The zero-order valence-electron chi connectivity index (χ0n) is 8.17. The van der Waals surface area contributed by atoms with E-state index >= 15 is 0 Å². The van der Waals surface area contributed by atoms with Gasteiger partial charge in [-0.1, -0.05) is 18.2 Å². The zero-order valence-corrected chi connectivity index (χ0v) is 8.17. The first-order chi connectivity index (χ1) is 7.36. The van der Waals surface area contributed by atoms with Crippen molar-refractivity contribution in [2.75, 3.05) is 5.73 Å². The summed E-state index contributed by atoms with van der Waals surface area (Å²) in [7, 11) is 0. The molecule has 0 saturated carbocycles. The Morgan fingerprint density at radius 2 is 1.87 bits per heavy atom. The lowest BCUT2D eigenvalue weighted by atomic mass is 10.3. The molecule has 1 aromatic carbocycles. The van der Waals surface area contributed by atoms with Crippen molar-refractivity contribution in [2.24, 2.45) is 4.99 Å². The van der Waals surface area contributed by atoms with E-state index in [1.54, 1.807) is 12.4 Å². The fourth-order valence-corrected chi connectivity index (χ4v) is 1.19. The van der Waals surface area contributed by atoms with E-state index in [0.717, 1.165) is 11.4 Å². The first-order valence-electron chi connectivity index (χ1n) is 4.66. The summed E-state index contributed by atoms with van der Waals surface area (Å²) < 4.78 is 0. The number of nitrogens with two attached hydrogens (primary N) is 1. The topological polar surface area (TPSA) is 51.3 Å². The molecule has 0 bridgehead atoms. The highest BCUT2D eigenvalue weighted by molar-refractivity contribution is 5.81. The molecule has 0 amide bonds. The largest absolute Gasteiger partial charge is 0.397 e. The number of rotatable bonds is 2. The van der Waals surface area contributed by atoms with Crippen molar-refractivity contribution < 1.29 is 0 Å². The van der Waals surface area contributed by atoms with Crippen LogP contribution in [-0.2, 0) is 0 Å². The second-order valence-corrected chi connectivity index (χ2v) is 3.07. The summed E-state index contributed by atoms with van der Waals surface area (Å²) in [6, 6.07) is 13.2. The Morgan fingerprint density at radius 1 is 1.07 bits per heavy atom. The highest BCUT2D eigenvalue weighted by Gasteiger charge is 1.93. The highest BCUT2D eigenvalue weighted by Crippen LogP contribution is 2.19. The first kappa shape index (κ1) is 9.40. The third-order valence-electron chi connectivity index (χ3n) is 1.96. The minimum atomic E-state index is 0.671. The van der Waals surface area contributed by atoms with Crippen molar-refractivity contribution in [3.05, 3.63) is 54.4 Å². The number of aromatic nitrogens is 1.